The molecule has 1 atom stereocenters. The van der Waals surface area contributed by atoms with E-state index in [0.717, 1.165) is 4.68 Å². The van der Waals surface area contributed by atoms with Gasteiger partial charge in [-0.25, -0.2) is 4.39 Å². The molecule has 6 nitrogen and oxygen atoms in total. The Bertz CT molecular complexity index is 1020. The van der Waals surface area contributed by atoms with Crippen LogP contribution < -0.4 is 15.6 Å². The summed E-state index contributed by atoms with van der Waals surface area (Å²) in [4.78, 5) is 24.6. The Labute approximate surface area is 165 Å². The molecular formula is C20H17ClFN3O3. The van der Waals surface area contributed by atoms with E-state index < -0.39 is 17.5 Å². The van der Waals surface area contributed by atoms with E-state index in [1.807, 2.05) is 0 Å². The molecule has 28 heavy (non-hydrogen) atoms. The fourth-order valence-electron chi connectivity index (χ4n) is 2.45. The highest BCUT2D eigenvalue weighted by molar-refractivity contribution is 6.30. The van der Waals surface area contributed by atoms with Gasteiger partial charge in [0.2, 0.25) is 5.88 Å². The molecule has 1 heterocycles. The summed E-state index contributed by atoms with van der Waals surface area (Å²) in [5.74, 6) is -0.678. The molecule has 1 amide bonds. The average molecular weight is 402 g/mol. The number of hydrogen-bond acceptors (Lipinski definition) is 4. The molecule has 0 radical (unpaired) electrons. The second kappa shape index (κ2) is 8.67. The lowest BCUT2D eigenvalue weighted by Gasteiger charge is -2.17. The maximum absolute atomic E-state index is 13.1. The Hall–Kier alpha value is -3.19. The number of aromatic nitrogens is 2. The zero-order valence-corrected chi connectivity index (χ0v) is 15.7. The second-order valence-corrected chi connectivity index (χ2v) is 6.35. The number of halogens is 2. The molecule has 8 heteroatoms. The average Bonchev–Trinajstić information content (AvgIpc) is 2.69. The summed E-state index contributed by atoms with van der Waals surface area (Å²) in [5, 5.41) is 7.43. The smallest absolute Gasteiger partial charge is 0.271 e. The molecule has 1 N–H and O–H groups in total. The van der Waals surface area contributed by atoms with Gasteiger partial charge in [-0.1, -0.05) is 18.5 Å². The van der Waals surface area contributed by atoms with Crippen LogP contribution in [0.3, 0.4) is 0 Å². The molecule has 0 saturated carbocycles. The van der Waals surface area contributed by atoms with Crippen molar-refractivity contribution in [3.05, 3.63) is 81.9 Å². The zero-order chi connectivity index (χ0) is 20.1. The lowest BCUT2D eigenvalue weighted by atomic mass is 10.2. The number of hydrogen-bond donors (Lipinski definition) is 1. The maximum Gasteiger partial charge on any atom is 0.271 e. The topological polar surface area (TPSA) is 73.2 Å². The van der Waals surface area contributed by atoms with Crippen molar-refractivity contribution in [1.82, 2.24) is 9.78 Å². The van der Waals surface area contributed by atoms with Crippen LogP contribution in [-0.4, -0.2) is 21.8 Å². The van der Waals surface area contributed by atoms with Crippen LogP contribution in [0, 0.1) is 5.82 Å². The summed E-state index contributed by atoms with van der Waals surface area (Å²) in [7, 11) is 0. The normalized spacial score (nSPS) is 11.7. The quantitative estimate of drug-likeness (QED) is 0.681. The highest BCUT2D eigenvalue weighted by Gasteiger charge is 2.20. The van der Waals surface area contributed by atoms with E-state index in [1.165, 1.54) is 36.4 Å². The van der Waals surface area contributed by atoms with Gasteiger partial charge in [-0.2, -0.15) is 4.68 Å². The number of carbonyl (C=O) groups is 1. The van der Waals surface area contributed by atoms with Crippen LogP contribution in [-0.2, 0) is 4.79 Å². The molecule has 0 aliphatic carbocycles. The Morgan fingerprint density at radius 3 is 2.46 bits per heavy atom. The van der Waals surface area contributed by atoms with Crippen molar-refractivity contribution < 1.29 is 13.9 Å². The van der Waals surface area contributed by atoms with Crippen LogP contribution >= 0.6 is 11.6 Å². The predicted molar refractivity (Wildman–Crippen MR) is 105 cm³/mol. The first-order valence-electron chi connectivity index (χ1n) is 8.55. The first-order chi connectivity index (χ1) is 13.5. The van der Waals surface area contributed by atoms with Gasteiger partial charge >= 0.3 is 0 Å². The van der Waals surface area contributed by atoms with Crippen LogP contribution in [0.25, 0.3) is 5.69 Å². The minimum Gasteiger partial charge on any atom is -0.463 e. The molecular weight excluding hydrogens is 385 g/mol. The monoisotopic (exact) mass is 401 g/mol. The third-order valence-electron chi connectivity index (χ3n) is 3.88. The van der Waals surface area contributed by atoms with E-state index in [4.69, 9.17) is 16.3 Å². The molecule has 0 fully saturated rings. The van der Waals surface area contributed by atoms with Gasteiger partial charge in [0, 0.05) is 22.8 Å². The molecule has 3 rings (SSSR count). The number of anilines is 1. The standard InChI is InChI=1S/C20H17ClFN3O3/c1-2-17(20(27)23-15-7-3-13(21)4-8-15)28-18-11-12-19(26)25(24-18)16-9-5-14(22)6-10-16/h3-12,17H,2H2,1H3,(H,23,27)/t17-/m1/s1. The van der Waals surface area contributed by atoms with Crippen molar-refractivity contribution in [2.24, 2.45) is 0 Å². The first kappa shape index (κ1) is 19.6. The van der Waals surface area contributed by atoms with E-state index in [-0.39, 0.29) is 11.8 Å². The second-order valence-electron chi connectivity index (χ2n) is 5.91. The van der Waals surface area contributed by atoms with Crippen LogP contribution in [0.4, 0.5) is 10.1 Å². The van der Waals surface area contributed by atoms with Crippen molar-refractivity contribution in [3.8, 4) is 11.6 Å². The van der Waals surface area contributed by atoms with Crippen LogP contribution in [0.5, 0.6) is 5.88 Å². The number of benzene rings is 2. The SMILES string of the molecule is CC[C@@H](Oc1ccc(=O)n(-c2ccc(F)cc2)n1)C(=O)Nc1ccc(Cl)cc1. The number of ether oxygens (including phenoxy) is 1. The molecule has 0 spiro atoms. The van der Waals surface area contributed by atoms with E-state index in [2.05, 4.69) is 10.4 Å². The number of carbonyl (C=O) groups excluding carboxylic acids is 1. The Balaban J connectivity index is 1.78. The summed E-state index contributed by atoms with van der Waals surface area (Å²) in [6.07, 6.45) is -0.432. The van der Waals surface area contributed by atoms with Crippen molar-refractivity contribution in [2.45, 2.75) is 19.4 Å². The highest BCUT2D eigenvalue weighted by Crippen LogP contribution is 2.16. The molecule has 0 saturated heterocycles. The molecule has 0 aliphatic heterocycles. The molecule has 0 unspecified atom stereocenters. The van der Waals surface area contributed by atoms with Crippen LogP contribution in [0.2, 0.25) is 5.02 Å². The van der Waals surface area contributed by atoms with Gasteiger partial charge < -0.3 is 10.1 Å². The van der Waals surface area contributed by atoms with Gasteiger partial charge in [0.05, 0.1) is 5.69 Å². The Kier molecular flexibility index (Phi) is 6.06. The summed E-state index contributed by atoms with van der Waals surface area (Å²) in [6.45, 7) is 1.79. The minimum atomic E-state index is -0.817. The van der Waals surface area contributed by atoms with Crippen LogP contribution in [0.1, 0.15) is 13.3 Å². The third kappa shape index (κ3) is 4.75. The first-order valence-corrected chi connectivity index (χ1v) is 8.93. The van der Waals surface area contributed by atoms with E-state index in [0.29, 0.717) is 22.8 Å². The van der Waals surface area contributed by atoms with Crippen LogP contribution in [0.15, 0.2) is 65.5 Å². The fourth-order valence-corrected chi connectivity index (χ4v) is 2.57. The number of nitrogens with zero attached hydrogens (tertiary/aromatic N) is 2. The largest absolute Gasteiger partial charge is 0.463 e. The summed E-state index contributed by atoms with van der Waals surface area (Å²) >= 11 is 5.84. The highest BCUT2D eigenvalue weighted by atomic mass is 35.5. The maximum atomic E-state index is 13.1. The van der Waals surface area contributed by atoms with E-state index >= 15 is 0 Å². The van der Waals surface area contributed by atoms with Gasteiger partial charge in [0.1, 0.15) is 5.82 Å². The molecule has 3 aromatic rings. The van der Waals surface area contributed by atoms with Crippen molar-refractivity contribution >= 4 is 23.2 Å². The van der Waals surface area contributed by atoms with Crippen molar-refractivity contribution in [2.75, 3.05) is 5.32 Å². The lowest BCUT2D eigenvalue weighted by molar-refractivity contribution is -0.123. The predicted octanol–water partition coefficient (Wildman–Crippen LogP) is 3.82. The van der Waals surface area contributed by atoms with E-state index in [1.54, 1.807) is 31.2 Å². The Morgan fingerprint density at radius 2 is 1.82 bits per heavy atom. The third-order valence-corrected chi connectivity index (χ3v) is 4.14. The molecule has 0 aliphatic rings. The van der Waals surface area contributed by atoms with Gasteiger partial charge in [-0.3, -0.25) is 9.59 Å². The molecule has 144 valence electrons. The van der Waals surface area contributed by atoms with Crippen molar-refractivity contribution in [1.29, 1.82) is 0 Å². The van der Waals surface area contributed by atoms with Gasteiger partial charge in [0.25, 0.3) is 11.5 Å². The summed E-state index contributed by atoms with van der Waals surface area (Å²) in [5.41, 5.74) is 0.564. The number of nitrogens with one attached hydrogen (secondary N) is 1. The lowest BCUT2D eigenvalue weighted by Crippen LogP contribution is -2.33. The number of amides is 1. The minimum absolute atomic E-state index is 0.0991. The zero-order valence-electron chi connectivity index (χ0n) is 14.9. The summed E-state index contributed by atoms with van der Waals surface area (Å²) in [6, 6.07) is 14.7. The van der Waals surface area contributed by atoms with Crippen molar-refractivity contribution in [3.63, 3.8) is 0 Å². The number of rotatable bonds is 6. The van der Waals surface area contributed by atoms with Gasteiger partial charge in [-0.15, -0.1) is 5.10 Å². The van der Waals surface area contributed by atoms with E-state index in [9.17, 15) is 14.0 Å². The molecule has 2 aromatic carbocycles. The van der Waals surface area contributed by atoms with Gasteiger partial charge in [0.15, 0.2) is 6.10 Å². The summed E-state index contributed by atoms with van der Waals surface area (Å²) < 4.78 is 19.9. The Morgan fingerprint density at radius 1 is 1.14 bits per heavy atom. The fraction of sp³-hybridized carbons (Fsp3) is 0.150. The van der Waals surface area contributed by atoms with Gasteiger partial charge in [-0.05, 0) is 55.0 Å². The molecule has 0 bridgehead atoms. The molecule has 1 aromatic heterocycles.